The van der Waals surface area contributed by atoms with Crippen LogP contribution in [0.4, 0.5) is 5.69 Å². The Morgan fingerprint density at radius 2 is 2.07 bits per heavy atom. The minimum absolute atomic E-state index is 0.231. The van der Waals surface area contributed by atoms with E-state index >= 15 is 0 Å². The zero-order valence-electron chi connectivity index (χ0n) is 15.9. The lowest BCUT2D eigenvalue weighted by Crippen LogP contribution is -2.27. The topological polar surface area (TPSA) is 93.5 Å². The van der Waals surface area contributed by atoms with E-state index < -0.39 is 5.92 Å². The molecule has 0 bridgehead atoms. The zero-order valence-corrected chi connectivity index (χ0v) is 16.6. The van der Waals surface area contributed by atoms with Gasteiger partial charge in [0.2, 0.25) is 5.91 Å². The molecule has 1 atom stereocenters. The number of carbonyl (C=O) groups excluding carboxylic acids is 2. The Bertz CT molecular complexity index is 800. The molecule has 27 heavy (non-hydrogen) atoms. The second-order valence-corrected chi connectivity index (χ2v) is 6.54. The Morgan fingerprint density at radius 1 is 1.33 bits per heavy atom. The summed E-state index contributed by atoms with van der Waals surface area (Å²) < 4.78 is 10.1. The molecule has 2 rings (SSSR count). The second kappa shape index (κ2) is 9.53. The molecule has 0 aliphatic carbocycles. The first-order chi connectivity index (χ1) is 12.9. The maximum Gasteiger partial charge on any atom is 0.251 e. The van der Waals surface area contributed by atoms with Crippen molar-refractivity contribution in [1.82, 2.24) is 10.5 Å². The summed E-state index contributed by atoms with van der Waals surface area (Å²) in [4.78, 5) is 25.0. The van der Waals surface area contributed by atoms with Crippen molar-refractivity contribution in [3.05, 3.63) is 45.8 Å². The Kier molecular flexibility index (Phi) is 7.38. The molecule has 7 nitrogen and oxygen atoms in total. The Labute approximate surface area is 163 Å². The van der Waals surface area contributed by atoms with Crippen molar-refractivity contribution in [2.75, 3.05) is 25.6 Å². The summed E-state index contributed by atoms with van der Waals surface area (Å²) in [6.07, 6.45) is 0.573. The van der Waals surface area contributed by atoms with Crippen LogP contribution in [0.3, 0.4) is 0 Å². The molecule has 0 radical (unpaired) electrons. The van der Waals surface area contributed by atoms with Crippen LogP contribution >= 0.6 is 11.6 Å². The van der Waals surface area contributed by atoms with Crippen LogP contribution in [0.25, 0.3) is 0 Å². The van der Waals surface area contributed by atoms with Crippen LogP contribution in [0.15, 0.2) is 22.7 Å². The summed E-state index contributed by atoms with van der Waals surface area (Å²) in [7, 11) is 1.56. The molecule has 2 amide bonds. The molecule has 0 fully saturated rings. The minimum Gasteiger partial charge on any atom is -0.383 e. The average Bonchev–Trinajstić information content (AvgIpc) is 2.97. The van der Waals surface area contributed by atoms with Gasteiger partial charge in [-0.1, -0.05) is 23.7 Å². The molecular formula is C19H24ClN3O4. The first-order valence-electron chi connectivity index (χ1n) is 8.69. The van der Waals surface area contributed by atoms with E-state index in [-0.39, 0.29) is 11.8 Å². The third-order valence-electron chi connectivity index (χ3n) is 4.24. The SMILES string of the molecule is CCC(C(=O)Nc1cc(C(=O)NCCOC)ccc1Cl)c1c(C)noc1C. The number of carbonyl (C=O) groups is 2. The summed E-state index contributed by atoms with van der Waals surface area (Å²) in [5.41, 5.74) is 2.24. The number of halogens is 1. The highest BCUT2D eigenvalue weighted by atomic mass is 35.5. The highest BCUT2D eigenvalue weighted by Crippen LogP contribution is 2.29. The molecule has 8 heteroatoms. The van der Waals surface area contributed by atoms with E-state index in [0.29, 0.717) is 47.3 Å². The normalized spacial score (nSPS) is 11.9. The van der Waals surface area contributed by atoms with Crippen molar-refractivity contribution in [2.45, 2.75) is 33.1 Å². The minimum atomic E-state index is -0.425. The number of aromatic nitrogens is 1. The first-order valence-corrected chi connectivity index (χ1v) is 9.07. The number of hydrogen-bond acceptors (Lipinski definition) is 5. The first kappa shape index (κ1) is 20.9. The fraction of sp³-hybridized carbons (Fsp3) is 0.421. The van der Waals surface area contributed by atoms with E-state index in [1.165, 1.54) is 0 Å². The van der Waals surface area contributed by atoms with Crippen molar-refractivity contribution in [3.8, 4) is 0 Å². The lowest BCUT2D eigenvalue weighted by molar-refractivity contribution is -0.117. The highest BCUT2D eigenvalue weighted by Gasteiger charge is 2.26. The van der Waals surface area contributed by atoms with Gasteiger partial charge in [0.25, 0.3) is 5.91 Å². The predicted octanol–water partition coefficient (Wildman–Crippen LogP) is 3.45. The molecule has 0 saturated heterocycles. The van der Waals surface area contributed by atoms with Gasteiger partial charge < -0.3 is 19.9 Å². The van der Waals surface area contributed by atoms with E-state index in [2.05, 4.69) is 15.8 Å². The van der Waals surface area contributed by atoms with E-state index in [1.54, 1.807) is 39.2 Å². The van der Waals surface area contributed by atoms with Crippen LogP contribution in [0.2, 0.25) is 5.02 Å². The van der Waals surface area contributed by atoms with Crippen molar-refractivity contribution < 1.29 is 18.8 Å². The maximum absolute atomic E-state index is 12.8. The summed E-state index contributed by atoms with van der Waals surface area (Å²) in [5, 5.41) is 9.83. The van der Waals surface area contributed by atoms with Crippen LogP contribution in [0, 0.1) is 13.8 Å². The van der Waals surface area contributed by atoms with Gasteiger partial charge in [0.15, 0.2) is 0 Å². The van der Waals surface area contributed by atoms with Gasteiger partial charge in [-0.15, -0.1) is 0 Å². The quantitative estimate of drug-likeness (QED) is 0.670. The molecule has 0 saturated carbocycles. The lowest BCUT2D eigenvalue weighted by Gasteiger charge is -2.16. The van der Waals surface area contributed by atoms with Crippen LogP contribution in [0.1, 0.15) is 46.6 Å². The number of benzene rings is 1. The number of rotatable bonds is 8. The molecular weight excluding hydrogens is 370 g/mol. The second-order valence-electron chi connectivity index (χ2n) is 6.13. The number of ether oxygens (including phenoxy) is 1. The van der Waals surface area contributed by atoms with E-state index in [9.17, 15) is 9.59 Å². The molecule has 1 unspecified atom stereocenters. The standard InChI is InChI=1S/C19H24ClN3O4/c1-5-14(17-11(2)23-27-12(17)3)19(25)22-16-10-13(6-7-15(16)20)18(24)21-8-9-26-4/h6-7,10,14H,5,8-9H2,1-4H3,(H,21,24)(H,22,25). The van der Waals surface area contributed by atoms with Crippen molar-refractivity contribution in [3.63, 3.8) is 0 Å². The van der Waals surface area contributed by atoms with Crippen LogP contribution in [0.5, 0.6) is 0 Å². The van der Waals surface area contributed by atoms with Crippen molar-refractivity contribution in [2.24, 2.45) is 0 Å². The molecule has 1 aromatic carbocycles. The predicted molar refractivity (Wildman–Crippen MR) is 103 cm³/mol. The monoisotopic (exact) mass is 393 g/mol. The number of amides is 2. The summed E-state index contributed by atoms with van der Waals surface area (Å²) >= 11 is 6.21. The van der Waals surface area contributed by atoms with E-state index in [0.717, 1.165) is 5.56 Å². The number of aryl methyl sites for hydroxylation is 2. The Balaban J connectivity index is 2.19. The maximum atomic E-state index is 12.8. The fourth-order valence-electron chi connectivity index (χ4n) is 2.86. The summed E-state index contributed by atoms with van der Waals surface area (Å²) in [6.45, 7) is 6.31. The van der Waals surface area contributed by atoms with Crippen LogP contribution in [-0.4, -0.2) is 37.2 Å². The Hall–Kier alpha value is -2.38. The van der Waals surface area contributed by atoms with Gasteiger partial charge >= 0.3 is 0 Å². The molecule has 0 aliphatic rings. The molecule has 146 valence electrons. The van der Waals surface area contributed by atoms with Gasteiger partial charge in [0, 0.05) is 24.8 Å². The number of methoxy groups -OCH3 is 1. The zero-order chi connectivity index (χ0) is 20.0. The van der Waals surface area contributed by atoms with Gasteiger partial charge in [-0.2, -0.15) is 0 Å². The van der Waals surface area contributed by atoms with Gasteiger partial charge in [-0.25, -0.2) is 0 Å². The van der Waals surface area contributed by atoms with Crippen molar-refractivity contribution >= 4 is 29.1 Å². The number of nitrogens with zero attached hydrogens (tertiary/aromatic N) is 1. The van der Waals surface area contributed by atoms with E-state index in [1.807, 2.05) is 6.92 Å². The number of nitrogens with one attached hydrogen (secondary N) is 2. The number of hydrogen-bond donors (Lipinski definition) is 2. The molecule has 2 aromatic rings. The van der Waals surface area contributed by atoms with Crippen LogP contribution < -0.4 is 10.6 Å². The Morgan fingerprint density at radius 3 is 2.67 bits per heavy atom. The molecule has 0 aliphatic heterocycles. The smallest absolute Gasteiger partial charge is 0.251 e. The average molecular weight is 394 g/mol. The van der Waals surface area contributed by atoms with Gasteiger partial charge in [0.1, 0.15) is 5.76 Å². The molecule has 0 spiro atoms. The number of anilines is 1. The van der Waals surface area contributed by atoms with Crippen LogP contribution in [-0.2, 0) is 9.53 Å². The fourth-order valence-corrected chi connectivity index (χ4v) is 3.02. The molecule has 1 aromatic heterocycles. The largest absolute Gasteiger partial charge is 0.383 e. The molecule has 1 heterocycles. The van der Waals surface area contributed by atoms with Crippen molar-refractivity contribution in [1.29, 1.82) is 0 Å². The third-order valence-corrected chi connectivity index (χ3v) is 4.57. The molecule has 2 N–H and O–H groups in total. The summed E-state index contributed by atoms with van der Waals surface area (Å²) in [5.74, 6) is -0.305. The third kappa shape index (κ3) is 5.08. The van der Waals surface area contributed by atoms with Gasteiger partial charge in [-0.05, 0) is 38.5 Å². The van der Waals surface area contributed by atoms with Gasteiger partial charge in [0.05, 0.1) is 28.9 Å². The van der Waals surface area contributed by atoms with E-state index in [4.69, 9.17) is 20.9 Å². The highest BCUT2D eigenvalue weighted by molar-refractivity contribution is 6.34. The van der Waals surface area contributed by atoms with Gasteiger partial charge in [-0.3, -0.25) is 9.59 Å². The lowest BCUT2D eigenvalue weighted by atomic mass is 9.94. The summed E-state index contributed by atoms with van der Waals surface area (Å²) in [6, 6.07) is 4.74.